The molecule has 4 rings (SSSR count). The Morgan fingerprint density at radius 3 is 1.82 bits per heavy atom. The largest absolute Gasteiger partial charge is 0.624 e. The van der Waals surface area contributed by atoms with Gasteiger partial charge in [0.25, 0.3) is 11.1 Å². The number of aromatic amines is 2. The van der Waals surface area contributed by atoms with E-state index in [-0.39, 0.29) is 22.5 Å². The van der Waals surface area contributed by atoms with E-state index in [0.29, 0.717) is 37.0 Å². The number of hydrogen-bond acceptors (Lipinski definition) is 9. The Morgan fingerprint density at radius 1 is 0.840 bits per heavy atom. The van der Waals surface area contributed by atoms with Crippen molar-refractivity contribution in [2.75, 3.05) is 13.2 Å². The summed E-state index contributed by atoms with van der Waals surface area (Å²) in [6.07, 6.45) is 2.86. The van der Waals surface area contributed by atoms with Gasteiger partial charge < -0.3 is 23.5 Å². The van der Waals surface area contributed by atoms with Crippen molar-refractivity contribution in [3.05, 3.63) is 70.4 Å². The molecule has 0 saturated carbocycles. The van der Waals surface area contributed by atoms with Crippen LogP contribution in [0.1, 0.15) is 84.4 Å². The molecule has 4 heterocycles. The molecular formula is C34H57N5O9Si2. The fourth-order valence-electron chi connectivity index (χ4n) is 5.71. The fourth-order valence-corrected chi connectivity index (χ4v) is 8.08. The molecule has 0 radical (unpaired) electrons. The lowest BCUT2D eigenvalue weighted by Gasteiger charge is -2.39. The number of rotatable bonds is 11. The summed E-state index contributed by atoms with van der Waals surface area (Å²) in [6.45, 7) is 25.0. The number of aryl methyl sites for hydroxylation is 2. The molecule has 0 spiro atoms. The molecule has 2 saturated heterocycles. The number of ether oxygens (including phenoxy) is 2. The third kappa shape index (κ3) is 8.93. The van der Waals surface area contributed by atoms with Crippen LogP contribution in [0.4, 0.5) is 0 Å². The number of aromatic nitrogens is 4. The van der Waals surface area contributed by atoms with Crippen LogP contribution in [-0.4, -0.2) is 78.2 Å². The Morgan fingerprint density at radius 2 is 1.32 bits per heavy atom. The van der Waals surface area contributed by atoms with Gasteiger partial charge in [0.05, 0.1) is 18.8 Å². The molecule has 16 heteroatoms. The molecule has 6 unspecified atom stereocenters. The van der Waals surface area contributed by atoms with E-state index < -0.39 is 69.9 Å². The van der Waals surface area contributed by atoms with Crippen LogP contribution in [0.2, 0.25) is 36.3 Å². The molecule has 0 aliphatic carbocycles. The Bertz CT molecular complexity index is 1800. The van der Waals surface area contributed by atoms with Crippen LogP contribution in [0.3, 0.4) is 0 Å². The summed E-state index contributed by atoms with van der Waals surface area (Å²) in [5, 5.41) is 13.5. The molecule has 6 atom stereocenters. The van der Waals surface area contributed by atoms with Gasteiger partial charge in [-0.15, -0.1) is 0 Å². The number of hydrogen-bond donors (Lipinski definition) is 2. The van der Waals surface area contributed by atoms with Crippen LogP contribution in [0.25, 0.3) is 0 Å². The molecule has 2 fully saturated rings. The van der Waals surface area contributed by atoms with Crippen LogP contribution in [0, 0.1) is 25.0 Å². The summed E-state index contributed by atoms with van der Waals surface area (Å²) in [7, 11) is -4.44. The van der Waals surface area contributed by atoms with Crippen molar-refractivity contribution in [3.63, 3.8) is 0 Å². The molecule has 2 aromatic heterocycles. The highest BCUT2D eigenvalue weighted by atomic mass is 28.4. The summed E-state index contributed by atoms with van der Waals surface area (Å²) >= 11 is 0. The molecule has 50 heavy (non-hydrogen) atoms. The van der Waals surface area contributed by atoms with E-state index >= 15 is 0 Å². The highest BCUT2D eigenvalue weighted by Gasteiger charge is 2.47. The topological polar surface area (TPSA) is 173 Å². The van der Waals surface area contributed by atoms with E-state index in [1.54, 1.807) is 20.1 Å². The average Bonchev–Trinajstić information content (AvgIpc) is 3.56. The molecule has 14 nitrogen and oxygen atoms in total. The second-order valence-corrected chi connectivity index (χ2v) is 26.5. The molecule has 2 aliphatic rings. The predicted molar refractivity (Wildman–Crippen MR) is 197 cm³/mol. The minimum atomic E-state index is -2.30. The zero-order chi connectivity index (χ0) is 37.6. The SMILES string of the molecule is Cc1cn(C2CC(C/C=[N+](\[O-])CC3OC(n4cc(C)c(=O)[nH]c4=O)CC3O[Si](C)(C)C(C)(C)C)C(CO[Si](C)(C)C(C)(C)C)O2)c(=O)[nH]c1=O. The highest BCUT2D eigenvalue weighted by molar-refractivity contribution is 6.74. The summed E-state index contributed by atoms with van der Waals surface area (Å²) in [4.78, 5) is 54.3. The van der Waals surface area contributed by atoms with E-state index in [2.05, 4.69) is 77.7 Å². The lowest BCUT2D eigenvalue weighted by molar-refractivity contribution is -0.468. The second kappa shape index (κ2) is 14.6. The molecule has 0 bridgehead atoms. The first-order valence-corrected chi connectivity index (χ1v) is 23.3. The van der Waals surface area contributed by atoms with E-state index in [1.165, 1.54) is 21.5 Å². The van der Waals surface area contributed by atoms with Gasteiger partial charge in [-0.3, -0.25) is 28.7 Å². The van der Waals surface area contributed by atoms with Crippen LogP contribution < -0.4 is 22.5 Å². The maximum Gasteiger partial charge on any atom is 0.330 e. The van der Waals surface area contributed by atoms with E-state index in [1.807, 2.05) is 0 Å². The summed E-state index contributed by atoms with van der Waals surface area (Å²) in [5.74, 6) is -0.153. The molecular weight excluding hydrogens is 679 g/mol. The van der Waals surface area contributed by atoms with Crippen molar-refractivity contribution < 1.29 is 23.1 Å². The van der Waals surface area contributed by atoms with Crippen molar-refractivity contribution in [2.24, 2.45) is 5.92 Å². The second-order valence-electron chi connectivity index (χ2n) is 17.0. The lowest BCUT2D eigenvalue weighted by atomic mass is 9.98. The van der Waals surface area contributed by atoms with Gasteiger partial charge in [0.1, 0.15) is 18.6 Å². The quantitative estimate of drug-likeness (QED) is 0.112. The monoisotopic (exact) mass is 735 g/mol. The minimum absolute atomic E-state index is 0.0214. The van der Waals surface area contributed by atoms with Gasteiger partial charge in [0, 0.05) is 42.3 Å². The maximum atomic E-state index is 13.6. The smallest absolute Gasteiger partial charge is 0.330 e. The van der Waals surface area contributed by atoms with E-state index in [4.69, 9.17) is 18.3 Å². The Balaban J connectivity index is 1.57. The summed E-state index contributed by atoms with van der Waals surface area (Å²) < 4.78 is 29.7. The van der Waals surface area contributed by atoms with Crippen molar-refractivity contribution in [1.29, 1.82) is 0 Å². The van der Waals surface area contributed by atoms with Crippen molar-refractivity contribution in [3.8, 4) is 0 Å². The van der Waals surface area contributed by atoms with Crippen molar-refractivity contribution in [1.82, 2.24) is 19.1 Å². The van der Waals surface area contributed by atoms with Crippen LogP contribution >= 0.6 is 0 Å². The number of nitrogens with one attached hydrogen (secondary N) is 2. The van der Waals surface area contributed by atoms with E-state index in [0.717, 1.165) is 4.74 Å². The predicted octanol–water partition coefficient (Wildman–Crippen LogP) is 4.28. The van der Waals surface area contributed by atoms with Gasteiger partial charge >= 0.3 is 11.4 Å². The highest BCUT2D eigenvalue weighted by Crippen LogP contribution is 2.42. The van der Waals surface area contributed by atoms with Crippen LogP contribution in [0.15, 0.2) is 31.6 Å². The average molecular weight is 736 g/mol. The van der Waals surface area contributed by atoms with Crippen molar-refractivity contribution >= 4 is 22.8 Å². The van der Waals surface area contributed by atoms with Crippen LogP contribution in [0.5, 0.6) is 0 Å². The third-order valence-corrected chi connectivity index (χ3v) is 20.1. The number of nitrogens with zero attached hydrogens (tertiary/aromatic N) is 3. The number of hydroxylamine groups is 1. The van der Waals surface area contributed by atoms with Crippen LogP contribution in [-0.2, 0) is 18.3 Å². The summed E-state index contributed by atoms with van der Waals surface area (Å²) in [5.41, 5.74) is -1.26. The Labute approximate surface area is 295 Å². The van der Waals surface area contributed by atoms with Gasteiger partial charge in [0.2, 0.25) is 0 Å². The maximum absolute atomic E-state index is 13.6. The number of H-pyrrole nitrogens is 2. The van der Waals surface area contributed by atoms with Gasteiger partial charge in [0.15, 0.2) is 29.4 Å². The molecule has 0 amide bonds. The Hall–Kier alpha value is -2.90. The first-order valence-electron chi connectivity index (χ1n) is 17.4. The molecule has 2 aromatic rings. The first-order chi connectivity index (χ1) is 22.9. The third-order valence-electron chi connectivity index (χ3n) is 11.1. The Kier molecular flexibility index (Phi) is 11.7. The standard InChI is InChI=1S/C34H57N5O9Si2/c1-21-17-38(31(42)35-29(21)40)27-15-23(26(47-27)20-45-49(9,10)33(3,4)5)13-14-37(44)19-25-24(48-50(11,12)34(6,7)8)16-28(46-25)39-18-22(2)30(41)36-32(39)43/h14,17-18,23-28H,13,15-16,19-20H2,1-12H3,(H,35,40,42)(H,36,41,43)/b37-14-. The summed E-state index contributed by atoms with van der Waals surface area (Å²) in [6, 6.07) is 0. The molecule has 2 N–H and O–H groups in total. The van der Waals surface area contributed by atoms with Gasteiger partial charge in [-0.05, 0) is 56.5 Å². The van der Waals surface area contributed by atoms with Gasteiger partial charge in [-0.25, -0.2) is 14.3 Å². The molecule has 0 aromatic carbocycles. The molecule has 2 aliphatic heterocycles. The zero-order valence-corrected chi connectivity index (χ0v) is 33.7. The first kappa shape index (κ1) is 39.9. The van der Waals surface area contributed by atoms with Crippen molar-refractivity contribution in [2.45, 2.75) is 142 Å². The molecule has 280 valence electrons. The van der Waals surface area contributed by atoms with E-state index in [9.17, 15) is 24.4 Å². The van der Waals surface area contributed by atoms with Gasteiger partial charge in [-0.2, -0.15) is 0 Å². The zero-order valence-electron chi connectivity index (χ0n) is 31.7. The van der Waals surface area contributed by atoms with Gasteiger partial charge in [-0.1, -0.05) is 41.5 Å². The minimum Gasteiger partial charge on any atom is -0.624 e. The normalized spacial score (nSPS) is 25.4. The lowest BCUT2D eigenvalue weighted by Crippen LogP contribution is -2.47. The fraction of sp³-hybridized carbons (Fsp3) is 0.735.